The minimum absolute atomic E-state index is 0.819. The Kier molecular flexibility index (Phi) is 2.08. The molecule has 3 aliphatic rings. The number of nitrogens with zero attached hydrogens (tertiary/aromatic N) is 1. The molecule has 0 bridgehead atoms. The molecule has 1 radical (unpaired) electrons. The van der Waals surface area contributed by atoms with Gasteiger partial charge in [0.15, 0.2) is 0 Å². The molecular weight excluding hydrogens is 206 g/mol. The van der Waals surface area contributed by atoms with Gasteiger partial charge in [0.25, 0.3) is 0 Å². The van der Waals surface area contributed by atoms with E-state index in [0.29, 0.717) is 0 Å². The monoisotopic (exact) mass is 224 g/mol. The highest BCUT2D eigenvalue weighted by Gasteiger charge is 2.38. The lowest BCUT2D eigenvalue weighted by Gasteiger charge is -2.21. The first-order valence-corrected chi connectivity index (χ1v) is 6.97. The van der Waals surface area contributed by atoms with Crippen LogP contribution >= 0.6 is 0 Å². The zero-order valence-corrected chi connectivity index (χ0v) is 10.2. The van der Waals surface area contributed by atoms with Crippen LogP contribution in [-0.2, 0) is 0 Å². The van der Waals surface area contributed by atoms with Crippen LogP contribution in [-0.4, -0.2) is 0 Å². The van der Waals surface area contributed by atoms with E-state index in [1.807, 2.05) is 0 Å². The predicted molar refractivity (Wildman–Crippen MR) is 69.8 cm³/mol. The molecule has 1 heterocycles. The van der Waals surface area contributed by atoms with Crippen LogP contribution in [0.15, 0.2) is 30.0 Å². The van der Waals surface area contributed by atoms with Gasteiger partial charge in [-0.05, 0) is 49.2 Å². The van der Waals surface area contributed by atoms with Crippen molar-refractivity contribution >= 4 is 11.3 Å². The minimum atomic E-state index is 0.819. The molecule has 1 aromatic rings. The van der Waals surface area contributed by atoms with Gasteiger partial charge in [0.1, 0.15) is 0 Å². The van der Waals surface area contributed by atoms with Crippen LogP contribution < -0.4 is 5.32 Å². The van der Waals surface area contributed by atoms with E-state index in [9.17, 15) is 0 Å². The minimum Gasteiger partial charge on any atom is -0.253 e. The van der Waals surface area contributed by atoms with E-state index in [1.54, 1.807) is 5.57 Å². The summed E-state index contributed by atoms with van der Waals surface area (Å²) in [5.74, 6) is 1.77. The molecule has 2 aliphatic carbocycles. The van der Waals surface area contributed by atoms with Crippen molar-refractivity contribution in [3.63, 3.8) is 0 Å². The molecule has 17 heavy (non-hydrogen) atoms. The summed E-state index contributed by atoms with van der Waals surface area (Å²) in [6.07, 6.45) is 8.36. The summed E-state index contributed by atoms with van der Waals surface area (Å²) in [4.78, 5) is 0. The molecule has 1 nitrogen and oxygen atoms in total. The van der Waals surface area contributed by atoms with Gasteiger partial charge in [-0.2, -0.15) is 0 Å². The Hall–Kier alpha value is -1.24. The normalized spacial score (nSPS) is 27.2. The summed E-state index contributed by atoms with van der Waals surface area (Å²) >= 11 is 0. The molecule has 1 fully saturated rings. The lowest BCUT2D eigenvalue weighted by atomic mass is 9.83. The smallest absolute Gasteiger partial charge is 0.0708 e. The summed E-state index contributed by atoms with van der Waals surface area (Å²) in [5.41, 5.74) is 5.69. The molecule has 0 amide bonds. The fourth-order valence-electron chi connectivity index (χ4n) is 4.03. The maximum absolute atomic E-state index is 4.81. The predicted octanol–water partition coefficient (Wildman–Crippen LogP) is 4.25. The average molecular weight is 224 g/mol. The quantitative estimate of drug-likeness (QED) is 0.677. The first kappa shape index (κ1) is 9.76. The van der Waals surface area contributed by atoms with Crippen LogP contribution in [0, 0.1) is 11.8 Å². The van der Waals surface area contributed by atoms with Crippen molar-refractivity contribution in [3.8, 4) is 0 Å². The van der Waals surface area contributed by atoms with Gasteiger partial charge in [0.05, 0.1) is 5.69 Å². The standard InChI is InChI=1S/C16H18N/c1-2-6-11(5-1)12-9-10-15-16(12)13-7-3-4-8-14(13)17-15/h3-4,7-8,11-12H,1-2,5-6,9-10H2. The lowest BCUT2D eigenvalue weighted by molar-refractivity contribution is 0.409. The van der Waals surface area contributed by atoms with Gasteiger partial charge in [0, 0.05) is 11.3 Å². The topological polar surface area (TPSA) is 14.1 Å². The van der Waals surface area contributed by atoms with E-state index >= 15 is 0 Å². The Labute approximate surface area is 103 Å². The molecule has 1 aromatic carbocycles. The van der Waals surface area contributed by atoms with Crippen LogP contribution in [0.3, 0.4) is 0 Å². The summed E-state index contributed by atoms with van der Waals surface area (Å²) in [5, 5.41) is 4.81. The largest absolute Gasteiger partial charge is 0.253 e. The van der Waals surface area contributed by atoms with Gasteiger partial charge < -0.3 is 0 Å². The summed E-state index contributed by atoms with van der Waals surface area (Å²) in [6.45, 7) is 0. The van der Waals surface area contributed by atoms with E-state index in [0.717, 1.165) is 11.8 Å². The van der Waals surface area contributed by atoms with Crippen LogP contribution in [0.25, 0.3) is 5.57 Å². The maximum Gasteiger partial charge on any atom is 0.0708 e. The number of hydrogen-bond acceptors (Lipinski definition) is 0. The molecule has 4 rings (SSSR count). The van der Waals surface area contributed by atoms with E-state index in [2.05, 4.69) is 24.3 Å². The number of hydrogen-bond donors (Lipinski definition) is 0. The lowest BCUT2D eigenvalue weighted by Crippen LogP contribution is -2.10. The second kappa shape index (κ2) is 3.63. The first-order chi connectivity index (χ1) is 8.43. The van der Waals surface area contributed by atoms with Gasteiger partial charge in [-0.25, -0.2) is 0 Å². The Bertz CT molecular complexity index is 480. The number of para-hydroxylation sites is 1. The zero-order valence-electron chi connectivity index (χ0n) is 10.2. The highest BCUT2D eigenvalue weighted by molar-refractivity contribution is 5.84. The van der Waals surface area contributed by atoms with Gasteiger partial charge in [-0.3, -0.25) is 5.32 Å². The van der Waals surface area contributed by atoms with Gasteiger partial charge in [0.2, 0.25) is 0 Å². The third-order valence-electron chi connectivity index (χ3n) is 4.79. The molecule has 0 saturated heterocycles. The van der Waals surface area contributed by atoms with Crippen LogP contribution in [0.4, 0.5) is 5.69 Å². The van der Waals surface area contributed by atoms with Crippen LogP contribution in [0.2, 0.25) is 0 Å². The Morgan fingerprint density at radius 1 is 1.00 bits per heavy atom. The van der Waals surface area contributed by atoms with Gasteiger partial charge >= 0.3 is 0 Å². The Morgan fingerprint density at radius 2 is 1.82 bits per heavy atom. The number of fused-ring (bicyclic) bond motifs is 2. The second-order valence-corrected chi connectivity index (χ2v) is 5.68. The molecule has 0 aromatic heterocycles. The zero-order chi connectivity index (χ0) is 11.2. The molecular formula is C16H18N. The molecule has 1 unspecified atom stereocenters. The molecule has 0 spiro atoms. The first-order valence-electron chi connectivity index (χ1n) is 6.97. The Morgan fingerprint density at radius 3 is 2.71 bits per heavy atom. The fraction of sp³-hybridized carbons (Fsp3) is 0.500. The number of rotatable bonds is 1. The summed E-state index contributed by atoms with van der Waals surface area (Å²) in [6, 6.07) is 8.71. The molecule has 87 valence electrons. The second-order valence-electron chi connectivity index (χ2n) is 5.68. The highest BCUT2D eigenvalue weighted by atomic mass is 14.9. The molecule has 1 atom stereocenters. The maximum atomic E-state index is 4.81. The third kappa shape index (κ3) is 1.38. The van der Waals surface area contributed by atoms with Crippen LogP contribution in [0.1, 0.15) is 44.1 Å². The fourth-order valence-corrected chi connectivity index (χ4v) is 4.03. The van der Waals surface area contributed by atoms with Crippen molar-refractivity contribution in [1.82, 2.24) is 5.32 Å². The molecule has 1 heteroatoms. The van der Waals surface area contributed by atoms with Crippen molar-refractivity contribution in [3.05, 3.63) is 35.5 Å². The van der Waals surface area contributed by atoms with E-state index < -0.39 is 0 Å². The van der Waals surface area contributed by atoms with Crippen molar-refractivity contribution in [2.24, 2.45) is 11.8 Å². The molecule has 1 aliphatic heterocycles. The van der Waals surface area contributed by atoms with E-state index in [-0.39, 0.29) is 0 Å². The molecule has 1 saturated carbocycles. The van der Waals surface area contributed by atoms with E-state index in [4.69, 9.17) is 5.32 Å². The average Bonchev–Trinajstić information content (AvgIpc) is 3.04. The van der Waals surface area contributed by atoms with Gasteiger partial charge in [-0.1, -0.05) is 31.0 Å². The van der Waals surface area contributed by atoms with Crippen molar-refractivity contribution in [1.29, 1.82) is 0 Å². The van der Waals surface area contributed by atoms with E-state index in [1.165, 1.54) is 55.5 Å². The van der Waals surface area contributed by atoms with Crippen molar-refractivity contribution < 1.29 is 0 Å². The Balaban J connectivity index is 1.73. The van der Waals surface area contributed by atoms with Crippen molar-refractivity contribution in [2.45, 2.75) is 38.5 Å². The SMILES string of the molecule is c1ccc2c(c1)[N]C1=C2C(C2CCCC2)CC1. The van der Waals surface area contributed by atoms with Gasteiger partial charge in [-0.15, -0.1) is 0 Å². The third-order valence-corrected chi connectivity index (χ3v) is 4.79. The molecule has 0 N–H and O–H groups in total. The number of allylic oxidation sites excluding steroid dienone is 2. The van der Waals surface area contributed by atoms with Crippen molar-refractivity contribution in [2.75, 3.05) is 0 Å². The van der Waals surface area contributed by atoms with Crippen LogP contribution in [0.5, 0.6) is 0 Å². The highest BCUT2D eigenvalue weighted by Crippen LogP contribution is 2.52. The number of benzene rings is 1. The summed E-state index contributed by atoms with van der Waals surface area (Å²) < 4.78 is 0. The summed E-state index contributed by atoms with van der Waals surface area (Å²) in [7, 11) is 0.